The summed E-state index contributed by atoms with van der Waals surface area (Å²) in [5.74, 6) is -2.37. The number of nitrogens with two attached hydrogens (primary N) is 1. The minimum atomic E-state index is -1.08. The fourth-order valence-corrected chi connectivity index (χ4v) is 3.42. The van der Waals surface area contributed by atoms with Crippen LogP contribution >= 0.6 is 0 Å². The van der Waals surface area contributed by atoms with Gasteiger partial charge in [0.1, 0.15) is 11.7 Å². The summed E-state index contributed by atoms with van der Waals surface area (Å²) < 4.78 is 0.552. The molecule has 0 aliphatic carbocycles. The van der Waals surface area contributed by atoms with Gasteiger partial charge in [-0.2, -0.15) is 0 Å². The van der Waals surface area contributed by atoms with Gasteiger partial charge in [0.2, 0.25) is 0 Å². The van der Waals surface area contributed by atoms with E-state index in [-0.39, 0.29) is 5.78 Å². The molecule has 26 heavy (non-hydrogen) atoms. The molecule has 0 amide bonds. The number of unbranched alkanes of at least 4 members (excludes halogenated alkanes) is 10. The van der Waals surface area contributed by atoms with Crippen molar-refractivity contribution in [2.75, 3.05) is 27.7 Å². The number of carbonyl (C=O) groups is 2. The number of carboxylic acids is 1. The number of hydrogen-bond donors (Lipinski definition) is 2. The monoisotopic (exact) mass is 371 g/mol. The van der Waals surface area contributed by atoms with E-state index in [1.54, 1.807) is 0 Å². The first-order valence-corrected chi connectivity index (χ1v) is 10.5. The summed E-state index contributed by atoms with van der Waals surface area (Å²) in [5.41, 5.74) is 6.02. The highest BCUT2D eigenvalue weighted by molar-refractivity contribution is 5.99. The molecule has 2 atom stereocenters. The van der Waals surface area contributed by atoms with E-state index < -0.39 is 17.9 Å². The number of ketones is 1. The molecule has 5 nitrogen and oxygen atoms in total. The van der Waals surface area contributed by atoms with Crippen LogP contribution in [0, 0.1) is 5.92 Å². The Morgan fingerprint density at radius 1 is 0.846 bits per heavy atom. The molecule has 0 saturated carbocycles. The minimum Gasteiger partial charge on any atom is -0.481 e. The molecule has 0 bridgehead atoms. The highest BCUT2D eigenvalue weighted by Crippen LogP contribution is 2.15. The maximum atomic E-state index is 12.3. The molecule has 5 heteroatoms. The lowest BCUT2D eigenvalue weighted by atomic mass is 9.91. The molecule has 0 aromatic rings. The van der Waals surface area contributed by atoms with Crippen molar-refractivity contribution in [2.24, 2.45) is 11.7 Å². The van der Waals surface area contributed by atoms with E-state index in [9.17, 15) is 14.7 Å². The molecular weight excluding hydrogens is 328 g/mol. The highest BCUT2D eigenvalue weighted by Gasteiger charge is 2.34. The Kier molecular flexibility index (Phi) is 13.6. The second kappa shape index (κ2) is 14.2. The average molecular weight is 372 g/mol. The van der Waals surface area contributed by atoms with Crippen molar-refractivity contribution in [3.63, 3.8) is 0 Å². The highest BCUT2D eigenvalue weighted by atomic mass is 16.4. The lowest BCUT2D eigenvalue weighted by Crippen LogP contribution is -2.52. The van der Waals surface area contributed by atoms with Crippen molar-refractivity contribution in [1.29, 1.82) is 0 Å². The fourth-order valence-electron chi connectivity index (χ4n) is 3.42. The summed E-state index contributed by atoms with van der Waals surface area (Å²) >= 11 is 0. The van der Waals surface area contributed by atoms with E-state index in [1.165, 1.54) is 51.4 Å². The molecule has 154 valence electrons. The molecule has 0 aromatic heterocycles. The zero-order valence-electron chi connectivity index (χ0n) is 17.6. The van der Waals surface area contributed by atoms with Gasteiger partial charge in [0.25, 0.3) is 0 Å². The van der Waals surface area contributed by atoms with Crippen LogP contribution in [0.25, 0.3) is 0 Å². The predicted octanol–water partition coefficient (Wildman–Crippen LogP) is 3.99. The molecule has 0 fully saturated rings. The van der Waals surface area contributed by atoms with E-state index in [4.69, 9.17) is 5.73 Å². The number of hydrogen-bond acceptors (Lipinski definition) is 3. The number of Topliss-reactive ketones (excluding diaryl/α,β-unsaturated/α-hetero) is 1. The third-order valence-electron chi connectivity index (χ3n) is 4.83. The van der Waals surface area contributed by atoms with Crippen molar-refractivity contribution in [3.05, 3.63) is 0 Å². The van der Waals surface area contributed by atoms with Crippen LogP contribution in [0.15, 0.2) is 0 Å². The summed E-state index contributed by atoms with van der Waals surface area (Å²) in [6.45, 7) is 2.71. The molecule has 0 aliphatic heterocycles. The van der Waals surface area contributed by atoms with Gasteiger partial charge in [-0.3, -0.25) is 9.59 Å². The van der Waals surface area contributed by atoms with Gasteiger partial charge in [0.15, 0.2) is 0 Å². The molecule has 0 radical (unpaired) electrons. The van der Waals surface area contributed by atoms with Crippen molar-refractivity contribution < 1.29 is 19.2 Å². The topological polar surface area (TPSA) is 80.4 Å². The van der Waals surface area contributed by atoms with Crippen LogP contribution in [-0.2, 0) is 9.59 Å². The first-order chi connectivity index (χ1) is 12.2. The maximum Gasteiger partial charge on any atom is 0.315 e. The van der Waals surface area contributed by atoms with Gasteiger partial charge in [-0.15, -0.1) is 0 Å². The van der Waals surface area contributed by atoms with E-state index in [1.807, 2.05) is 21.1 Å². The summed E-state index contributed by atoms with van der Waals surface area (Å²) in [6, 6.07) is -0.632. The predicted molar refractivity (Wildman–Crippen MR) is 108 cm³/mol. The van der Waals surface area contributed by atoms with Crippen LogP contribution < -0.4 is 5.73 Å². The van der Waals surface area contributed by atoms with Crippen LogP contribution in [0.4, 0.5) is 0 Å². The molecule has 0 saturated heterocycles. The van der Waals surface area contributed by atoms with Crippen LogP contribution in [-0.4, -0.2) is 55.1 Å². The molecule has 0 heterocycles. The minimum absolute atomic E-state index is 0.214. The Hall–Kier alpha value is -0.940. The number of carboxylic acid groups (broad SMARTS) is 1. The van der Waals surface area contributed by atoms with Crippen LogP contribution in [0.5, 0.6) is 0 Å². The first-order valence-electron chi connectivity index (χ1n) is 10.5. The number of nitrogens with zero attached hydrogens (tertiary/aromatic N) is 1. The normalized spacial score (nSPS) is 14.2. The van der Waals surface area contributed by atoms with Gasteiger partial charge < -0.3 is 15.3 Å². The first kappa shape index (κ1) is 25.1. The number of rotatable bonds is 17. The molecule has 0 aromatic carbocycles. The van der Waals surface area contributed by atoms with Crippen LogP contribution in [0.2, 0.25) is 0 Å². The van der Waals surface area contributed by atoms with E-state index >= 15 is 0 Å². The summed E-state index contributed by atoms with van der Waals surface area (Å²) in [6.07, 6.45) is 13.7. The lowest BCUT2D eigenvalue weighted by Gasteiger charge is -2.29. The number of likely N-dealkylation sites (N-methyl/N-ethyl adjacent to an activating group) is 1. The fraction of sp³-hybridized carbons (Fsp3) is 0.905. The van der Waals surface area contributed by atoms with Crippen molar-refractivity contribution in [2.45, 2.75) is 90.0 Å². The standard InChI is InChI=1S/C21H42N2O3/c1-5-6-7-8-9-10-11-12-13-14-15-16-19(24)20(21(25)26)18(22)17-23(2,3)4/h18,20H,5-17,22H2,1-4H3/p+1. The summed E-state index contributed by atoms with van der Waals surface area (Å²) in [5, 5.41) is 9.38. The summed E-state index contributed by atoms with van der Waals surface area (Å²) in [7, 11) is 5.85. The van der Waals surface area contributed by atoms with Crippen molar-refractivity contribution >= 4 is 11.8 Å². The smallest absolute Gasteiger partial charge is 0.315 e. The van der Waals surface area contributed by atoms with E-state index in [0.717, 1.165) is 19.3 Å². The lowest BCUT2D eigenvalue weighted by molar-refractivity contribution is -0.871. The third kappa shape index (κ3) is 13.3. The zero-order chi connectivity index (χ0) is 20.0. The van der Waals surface area contributed by atoms with Gasteiger partial charge in [-0.25, -0.2) is 0 Å². The Labute approximate surface area is 160 Å². The Bertz CT molecular complexity index is 391. The van der Waals surface area contributed by atoms with Crippen LogP contribution in [0.1, 0.15) is 84.0 Å². The number of quaternary nitrogens is 1. The Balaban J connectivity index is 3.89. The third-order valence-corrected chi connectivity index (χ3v) is 4.83. The maximum absolute atomic E-state index is 12.3. The average Bonchev–Trinajstić information content (AvgIpc) is 2.50. The van der Waals surface area contributed by atoms with Gasteiger partial charge in [-0.1, -0.05) is 71.1 Å². The molecule has 3 N–H and O–H groups in total. The van der Waals surface area contributed by atoms with Crippen LogP contribution in [0.3, 0.4) is 0 Å². The molecule has 0 rings (SSSR count). The van der Waals surface area contributed by atoms with E-state index in [2.05, 4.69) is 6.92 Å². The molecule has 2 unspecified atom stereocenters. The Morgan fingerprint density at radius 2 is 1.27 bits per heavy atom. The quantitative estimate of drug-likeness (QED) is 0.230. The molecular formula is C21H43N2O3+. The largest absolute Gasteiger partial charge is 0.481 e. The van der Waals surface area contributed by atoms with Gasteiger partial charge in [0, 0.05) is 6.42 Å². The second-order valence-corrected chi connectivity index (χ2v) is 8.70. The van der Waals surface area contributed by atoms with Gasteiger partial charge >= 0.3 is 5.97 Å². The number of aliphatic carboxylic acids is 1. The van der Waals surface area contributed by atoms with Crippen molar-refractivity contribution in [3.8, 4) is 0 Å². The second-order valence-electron chi connectivity index (χ2n) is 8.70. The Morgan fingerprint density at radius 3 is 1.65 bits per heavy atom. The van der Waals surface area contributed by atoms with Crippen molar-refractivity contribution in [1.82, 2.24) is 0 Å². The molecule has 0 aliphatic rings. The van der Waals surface area contributed by atoms with Gasteiger partial charge in [-0.05, 0) is 6.42 Å². The SMILES string of the molecule is CCCCCCCCCCCCCC(=O)C(C(=O)O)C(N)C[N+](C)(C)C. The molecule has 0 spiro atoms. The summed E-state index contributed by atoms with van der Waals surface area (Å²) in [4.78, 5) is 23.8. The van der Waals surface area contributed by atoms with E-state index in [0.29, 0.717) is 17.4 Å². The number of carbonyl (C=O) groups excluding carboxylic acids is 1. The van der Waals surface area contributed by atoms with Gasteiger partial charge in [0.05, 0.1) is 33.7 Å². The zero-order valence-corrected chi connectivity index (χ0v) is 17.6.